The molecule has 0 saturated carbocycles. The number of hydrogen-bond acceptors (Lipinski definition) is 6. The van der Waals surface area contributed by atoms with Gasteiger partial charge in [0.2, 0.25) is 0 Å². The molecule has 0 unspecified atom stereocenters. The first-order chi connectivity index (χ1) is 15.4. The molecule has 0 aromatic heterocycles. The Morgan fingerprint density at radius 3 is 2.45 bits per heavy atom. The number of aliphatic imine (C=N–C) groups is 1. The number of ether oxygens (including phenoxy) is 1. The van der Waals surface area contributed by atoms with Gasteiger partial charge in [-0.3, -0.25) is 0 Å². The predicted molar refractivity (Wildman–Crippen MR) is 137 cm³/mol. The highest BCUT2D eigenvalue weighted by Crippen LogP contribution is 2.37. The third-order valence-corrected chi connectivity index (χ3v) is 10.8. The zero-order valence-electron chi connectivity index (χ0n) is 21.3. The quantitative estimate of drug-likeness (QED) is 0.191. The van der Waals surface area contributed by atoms with Crippen LogP contribution >= 0.6 is 0 Å². The highest BCUT2D eigenvalue weighted by atomic mass is 28.4. The molecule has 0 amide bonds. The summed E-state index contributed by atoms with van der Waals surface area (Å²) >= 11 is 0. The van der Waals surface area contributed by atoms with E-state index in [1.165, 1.54) is 7.11 Å². The lowest BCUT2D eigenvalue weighted by Crippen LogP contribution is -2.46. The van der Waals surface area contributed by atoms with Crippen LogP contribution in [-0.4, -0.2) is 59.6 Å². The molecule has 0 spiro atoms. The van der Waals surface area contributed by atoms with E-state index in [0.29, 0.717) is 36.6 Å². The molecule has 0 N–H and O–H groups in total. The summed E-state index contributed by atoms with van der Waals surface area (Å²) in [6.07, 6.45) is 1.91. The van der Waals surface area contributed by atoms with Crippen LogP contribution in [0.4, 0.5) is 4.39 Å². The Hall–Kier alpha value is -2.29. The van der Waals surface area contributed by atoms with E-state index in [2.05, 4.69) is 50.7 Å². The van der Waals surface area contributed by atoms with Gasteiger partial charge in [-0.05, 0) is 43.4 Å². The van der Waals surface area contributed by atoms with Gasteiger partial charge in [0, 0.05) is 23.8 Å². The van der Waals surface area contributed by atoms with Gasteiger partial charge in [0.05, 0.1) is 32.0 Å². The minimum atomic E-state index is -1.98. The fraction of sp³-hybridized carbons (Fsp3) is 0.520. The number of methoxy groups -OCH3 is 1. The summed E-state index contributed by atoms with van der Waals surface area (Å²) in [5, 5.41) is 4.03. The highest BCUT2D eigenvalue weighted by molar-refractivity contribution is 6.74. The van der Waals surface area contributed by atoms with Crippen molar-refractivity contribution >= 4 is 26.3 Å². The van der Waals surface area contributed by atoms with Gasteiger partial charge in [-0.15, -0.1) is 0 Å². The van der Waals surface area contributed by atoms with Crippen LogP contribution in [0.25, 0.3) is 5.57 Å². The monoisotopic (exact) mass is 475 g/mol. The molecule has 8 heteroatoms. The average molecular weight is 476 g/mol. The van der Waals surface area contributed by atoms with Gasteiger partial charge in [-0.2, -0.15) is 0 Å². The topological polar surface area (TPSA) is 55.7 Å². The standard InChI is InChI=1S/C25H38FN3O3Si/c1-18(13-20(16-30-6)24(27-5)29-14-21(15-29)28-31-7)22-12-10-11-19(23(22)26)17-32-33(8,9)25(2,3)4/h10-13H,5,14-17H2,1-4,6-9H3/b18-13+,24-20-. The molecule has 0 atom stereocenters. The van der Waals surface area contributed by atoms with Crippen molar-refractivity contribution in [3.63, 3.8) is 0 Å². The molecule has 182 valence electrons. The Morgan fingerprint density at radius 2 is 1.91 bits per heavy atom. The molecule has 6 nitrogen and oxygen atoms in total. The fourth-order valence-electron chi connectivity index (χ4n) is 3.27. The predicted octanol–water partition coefficient (Wildman–Crippen LogP) is 5.63. The Balaban J connectivity index is 2.33. The SMILES string of the molecule is C=N/C(=C(\C=C(/C)c1cccc(CO[Si](C)(C)C(C)(C)C)c1F)COC)N1CC(=NOC)C1. The normalized spacial score (nSPS) is 15.7. The maximum atomic E-state index is 15.5. The molecule has 1 aliphatic rings. The minimum Gasteiger partial charge on any atom is -0.412 e. The minimum absolute atomic E-state index is 0.0650. The third kappa shape index (κ3) is 6.62. The van der Waals surface area contributed by atoms with E-state index < -0.39 is 8.32 Å². The largest absolute Gasteiger partial charge is 0.412 e. The summed E-state index contributed by atoms with van der Waals surface area (Å²) in [5.74, 6) is 0.442. The molecule has 1 aliphatic heterocycles. The first-order valence-electron chi connectivity index (χ1n) is 11.1. The highest BCUT2D eigenvalue weighted by Gasteiger charge is 2.37. The Kier molecular flexibility index (Phi) is 9.17. The van der Waals surface area contributed by atoms with Crippen molar-refractivity contribution in [1.29, 1.82) is 0 Å². The third-order valence-electron chi connectivity index (χ3n) is 6.29. The molecule has 1 saturated heterocycles. The van der Waals surface area contributed by atoms with Gasteiger partial charge in [-0.25, -0.2) is 9.38 Å². The number of allylic oxidation sites excluding steroid dienone is 1. The van der Waals surface area contributed by atoms with Gasteiger partial charge in [0.1, 0.15) is 18.7 Å². The van der Waals surface area contributed by atoms with Crippen LogP contribution in [-0.2, 0) is 20.6 Å². The maximum Gasteiger partial charge on any atom is 0.192 e. The van der Waals surface area contributed by atoms with Crippen molar-refractivity contribution < 1.29 is 18.4 Å². The zero-order valence-corrected chi connectivity index (χ0v) is 22.3. The van der Waals surface area contributed by atoms with E-state index >= 15 is 4.39 Å². The summed E-state index contributed by atoms with van der Waals surface area (Å²) in [6.45, 7) is 18.3. The fourth-order valence-corrected chi connectivity index (χ4v) is 4.22. The number of nitrogens with zero attached hydrogens (tertiary/aromatic N) is 3. The summed E-state index contributed by atoms with van der Waals surface area (Å²) in [6, 6.07) is 5.45. The molecule has 0 aliphatic carbocycles. The molecule has 0 bridgehead atoms. The summed E-state index contributed by atoms with van der Waals surface area (Å²) in [4.78, 5) is 11.1. The Morgan fingerprint density at radius 1 is 1.24 bits per heavy atom. The summed E-state index contributed by atoms with van der Waals surface area (Å²) in [7, 11) is 1.17. The second-order valence-electron chi connectivity index (χ2n) is 9.79. The number of rotatable bonds is 10. The first kappa shape index (κ1) is 27.0. The second kappa shape index (κ2) is 11.2. The Labute approximate surface area is 198 Å². The van der Waals surface area contributed by atoms with E-state index in [4.69, 9.17) is 14.0 Å². The lowest BCUT2D eigenvalue weighted by molar-refractivity contribution is 0.202. The van der Waals surface area contributed by atoms with Gasteiger partial charge in [-0.1, -0.05) is 44.1 Å². The lowest BCUT2D eigenvalue weighted by Gasteiger charge is -2.36. The molecule has 1 aromatic carbocycles. The molecular formula is C25H38FN3O3Si. The zero-order chi connectivity index (χ0) is 24.8. The molecule has 1 aromatic rings. The molecule has 0 radical (unpaired) electrons. The molecule has 1 fully saturated rings. The van der Waals surface area contributed by atoms with Gasteiger partial charge in [0.25, 0.3) is 0 Å². The van der Waals surface area contributed by atoms with Crippen molar-refractivity contribution in [2.45, 2.75) is 52.4 Å². The van der Waals surface area contributed by atoms with Crippen LogP contribution in [0, 0.1) is 5.82 Å². The van der Waals surface area contributed by atoms with Crippen LogP contribution < -0.4 is 0 Å². The summed E-state index contributed by atoms with van der Waals surface area (Å²) < 4.78 is 27.1. The van der Waals surface area contributed by atoms with E-state index in [0.717, 1.165) is 16.9 Å². The Bertz CT molecular complexity index is 941. The number of oxime groups is 1. The maximum absolute atomic E-state index is 15.5. The smallest absolute Gasteiger partial charge is 0.192 e. The van der Waals surface area contributed by atoms with Crippen molar-refractivity contribution in [2.75, 3.05) is 33.9 Å². The summed E-state index contributed by atoms with van der Waals surface area (Å²) in [5.41, 5.74) is 3.63. The molecule has 1 heterocycles. The van der Waals surface area contributed by atoms with Crippen molar-refractivity contribution in [3.05, 3.63) is 52.6 Å². The molecule has 2 rings (SSSR count). The lowest BCUT2D eigenvalue weighted by atomic mass is 10.0. The van der Waals surface area contributed by atoms with E-state index in [-0.39, 0.29) is 17.5 Å². The van der Waals surface area contributed by atoms with E-state index in [1.807, 2.05) is 24.0 Å². The number of hydrogen-bond donors (Lipinski definition) is 0. The number of benzene rings is 1. The van der Waals surface area contributed by atoms with Crippen molar-refractivity contribution in [2.24, 2.45) is 10.1 Å². The van der Waals surface area contributed by atoms with Crippen LogP contribution in [0.3, 0.4) is 0 Å². The van der Waals surface area contributed by atoms with Crippen molar-refractivity contribution in [1.82, 2.24) is 4.90 Å². The number of halogens is 1. The van der Waals surface area contributed by atoms with Gasteiger partial charge < -0.3 is 18.9 Å². The van der Waals surface area contributed by atoms with E-state index in [9.17, 15) is 0 Å². The van der Waals surface area contributed by atoms with Crippen LogP contribution in [0.2, 0.25) is 18.1 Å². The van der Waals surface area contributed by atoms with Crippen LogP contribution in [0.15, 0.2) is 45.8 Å². The van der Waals surface area contributed by atoms with Crippen LogP contribution in [0.1, 0.15) is 38.8 Å². The first-order valence-corrected chi connectivity index (χ1v) is 14.0. The van der Waals surface area contributed by atoms with E-state index in [1.54, 1.807) is 19.2 Å². The number of likely N-dealkylation sites (tertiary alicyclic amines) is 1. The molecule has 33 heavy (non-hydrogen) atoms. The molecular weight excluding hydrogens is 437 g/mol. The van der Waals surface area contributed by atoms with Crippen molar-refractivity contribution in [3.8, 4) is 0 Å². The van der Waals surface area contributed by atoms with Gasteiger partial charge >= 0.3 is 0 Å². The second-order valence-corrected chi connectivity index (χ2v) is 14.6. The van der Waals surface area contributed by atoms with Crippen LogP contribution in [0.5, 0.6) is 0 Å². The average Bonchev–Trinajstić information content (AvgIpc) is 2.70. The van der Waals surface area contributed by atoms with Gasteiger partial charge in [0.15, 0.2) is 8.32 Å².